The standard InChI is InChI=1S/C22H19F3N6O2/c1-21(2,32)16-11-14(6-9-26-16)29-18-12-15(7-10-27-18)33-20-13-17(22(23,24)25)30-31(20)19-5-3-4-8-28-19/h3-13,32H,1-2H3,(H,26,27,29). The van der Waals surface area contributed by atoms with Crippen molar-refractivity contribution in [2.75, 3.05) is 5.32 Å². The number of ether oxygens (including phenoxy) is 1. The van der Waals surface area contributed by atoms with E-state index in [0.717, 1.165) is 10.7 Å². The number of aromatic nitrogens is 5. The number of hydrogen-bond acceptors (Lipinski definition) is 7. The van der Waals surface area contributed by atoms with E-state index in [-0.39, 0.29) is 17.4 Å². The molecule has 0 aliphatic heterocycles. The highest BCUT2D eigenvalue weighted by atomic mass is 19.4. The molecule has 4 aromatic rings. The minimum atomic E-state index is -4.65. The monoisotopic (exact) mass is 456 g/mol. The van der Waals surface area contributed by atoms with Crippen LogP contribution in [0.5, 0.6) is 11.6 Å². The first kappa shape index (κ1) is 22.2. The molecule has 4 rings (SSSR count). The van der Waals surface area contributed by atoms with Gasteiger partial charge < -0.3 is 15.2 Å². The fraction of sp³-hybridized carbons (Fsp3) is 0.182. The normalized spacial score (nSPS) is 11.9. The van der Waals surface area contributed by atoms with Crippen LogP contribution >= 0.6 is 0 Å². The molecular weight excluding hydrogens is 437 g/mol. The van der Waals surface area contributed by atoms with Crippen molar-refractivity contribution in [1.29, 1.82) is 0 Å². The number of nitrogens with one attached hydrogen (secondary N) is 1. The lowest BCUT2D eigenvalue weighted by molar-refractivity contribution is -0.141. The van der Waals surface area contributed by atoms with Gasteiger partial charge in [0, 0.05) is 36.4 Å². The topological polar surface area (TPSA) is 98.0 Å². The van der Waals surface area contributed by atoms with Crippen LogP contribution in [-0.2, 0) is 11.8 Å². The van der Waals surface area contributed by atoms with Gasteiger partial charge in [-0.25, -0.2) is 9.97 Å². The lowest BCUT2D eigenvalue weighted by atomic mass is 10.0. The largest absolute Gasteiger partial charge is 0.439 e. The third-order valence-electron chi connectivity index (χ3n) is 4.45. The second kappa shape index (κ2) is 8.51. The smallest absolute Gasteiger partial charge is 0.435 e. The lowest BCUT2D eigenvalue weighted by Gasteiger charge is -2.17. The van der Waals surface area contributed by atoms with Gasteiger partial charge in [-0.3, -0.25) is 4.98 Å². The van der Waals surface area contributed by atoms with Gasteiger partial charge in [0.2, 0.25) is 5.88 Å². The van der Waals surface area contributed by atoms with E-state index in [1.54, 1.807) is 44.3 Å². The molecule has 0 atom stereocenters. The zero-order valence-corrected chi connectivity index (χ0v) is 17.6. The van der Waals surface area contributed by atoms with Crippen molar-refractivity contribution in [3.63, 3.8) is 0 Å². The summed E-state index contributed by atoms with van der Waals surface area (Å²) < 4.78 is 46.5. The Kier molecular flexibility index (Phi) is 5.73. The summed E-state index contributed by atoms with van der Waals surface area (Å²) in [6.45, 7) is 3.23. The molecule has 0 saturated carbocycles. The van der Waals surface area contributed by atoms with Gasteiger partial charge in [-0.05, 0) is 44.2 Å². The molecule has 0 aliphatic rings. The van der Waals surface area contributed by atoms with Crippen molar-refractivity contribution in [2.24, 2.45) is 0 Å². The summed E-state index contributed by atoms with van der Waals surface area (Å²) in [5.41, 5.74) is -1.16. The molecule has 170 valence electrons. The summed E-state index contributed by atoms with van der Waals surface area (Å²) in [4.78, 5) is 12.4. The number of hydrogen-bond donors (Lipinski definition) is 2. The van der Waals surface area contributed by atoms with Crippen molar-refractivity contribution in [1.82, 2.24) is 24.7 Å². The number of alkyl halides is 3. The second-order valence-electron chi connectivity index (χ2n) is 7.56. The number of halogens is 3. The molecule has 4 heterocycles. The Labute approximate surface area is 186 Å². The maximum Gasteiger partial charge on any atom is 0.435 e. The van der Waals surface area contributed by atoms with Gasteiger partial charge >= 0.3 is 6.18 Å². The van der Waals surface area contributed by atoms with Crippen molar-refractivity contribution in [2.45, 2.75) is 25.6 Å². The molecule has 0 saturated heterocycles. The molecule has 2 N–H and O–H groups in total. The Morgan fingerprint density at radius 1 is 0.909 bits per heavy atom. The molecule has 0 spiro atoms. The fourth-order valence-corrected chi connectivity index (χ4v) is 2.87. The van der Waals surface area contributed by atoms with Crippen LogP contribution in [0.1, 0.15) is 25.2 Å². The predicted octanol–water partition coefficient (Wildman–Crippen LogP) is 4.84. The Morgan fingerprint density at radius 2 is 1.70 bits per heavy atom. The van der Waals surface area contributed by atoms with E-state index in [2.05, 4.69) is 25.4 Å². The first-order valence-corrected chi connectivity index (χ1v) is 9.78. The van der Waals surface area contributed by atoms with E-state index >= 15 is 0 Å². The molecule has 11 heteroatoms. The van der Waals surface area contributed by atoms with Crippen molar-refractivity contribution >= 4 is 11.5 Å². The number of aliphatic hydroxyl groups is 1. The van der Waals surface area contributed by atoms with E-state index in [1.807, 2.05) is 0 Å². The lowest BCUT2D eigenvalue weighted by Crippen LogP contribution is -2.17. The summed E-state index contributed by atoms with van der Waals surface area (Å²) in [5, 5.41) is 16.8. The highest BCUT2D eigenvalue weighted by molar-refractivity contribution is 5.57. The summed E-state index contributed by atoms with van der Waals surface area (Å²) in [6, 6.07) is 12.0. The van der Waals surface area contributed by atoms with Crippen molar-refractivity contribution < 1.29 is 23.0 Å². The Bertz CT molecular complexity index is 1250. The zero-order chi connectivity index (χ0) is 23.6. The van der Waals surface area contributed by atoms with Crippen LogP contribution in [0.3, 0.4) is 0 Å². The van der Waals surface area contributed by atoms with Crippen LogP contribution in [0.15, 0.2) is 67.1 Å². The van der Waals surface area contributed by atoms with Gasteiger partial charge in [0.15, 0.2) is 11.5 Å². The quantitative estimate of drug-likeness (QED) is 0.428. The molecule has 8 nitrogen and oxygen atoms in total. The fourth-order valence-electron chi connectivity index (χ4n) is 2.87. The Morgan fingerprint density at radius 3 is 2.39 bits per heavy atom. The molecule has 4 aromatic heterocycles. The zero-order valence-electron chi connectivity index (χ0n) is 17.6. The van der Waals surface area contributed by atoms with Crippen LogP contribution in [0, 0.1) is 0 Å². The SMILES string of the molecule is CC(C)(O)c1cc(Nc2cc(Oc3cc(C(F)(F)F)nn3-c3ccccn3)ccn2)ccn1. The highest BCUT2D eigenvalue weighted by Gasteiger charge is 2.36. The molecule has 0 amide bonds. The summed E-state index contributed by atoms with van der Waals surface area (Å²) in [7, 11) is 0. The third kappa shape index (κ3) is 5.26. The van der Waals surface area contributed by atoms with Gasteiger partial charge in [-0.15, -0.1) is 0 Å². The van der Waals surface area contributed by atoms with Gasteiger partial charge in [-0.1, -0.05) is 6.07 Å². The minimum absolute atomic E-state index is 0.161. The summed E-state index contributed by atoms with van der Waals surface area (Å²) in [5.74, 6) is 0.619. The van der Waals surface area contributed by atoms with E-state index in [1.165, 1.54) is 30.6 Å². The predicted molar refractivity (Wildman–Crippen MR) is 113 cm³/mol. The van der Waals surface area contributed by atoms with Gasteiger partial charge in [0.25, 0.3) is 0 Å². The van der Waals surface area contributed by atoms with E-state index in [0.29, 0.717) is 17.2 Å². The molecule has 33 heavy (non-hydrogen) atoms. The second-order valence-corrected chi connectivity index (χ2v) is 7.56. The molecule has 0 unspecified atom stereocenters. The van der Waals surface area contributed by atoms with E-state index < -0.39 is 17.5 Å². The molecule has 0 bridgehead atoms. The Hall–Kier alpha value is -3.99. The highest BCUT2D eigenvalue weighted by Crippen LogP contribution is 2.34. The maximum absolute atomic E-state index is 13.3. The van der Waals surface area contributed by atoms with Crippen LogP contribution in [0.25, 0.3) is 5.82 Å². The average Bonchev–Trinajstić information content (AvgIpc) is 3.19. The van der Waals surface area contributed by atoms with Crippen molar-refractivity contribution in [3.05, 3.63) is 78.5 Å². The van der Waals surface area contributed by atoms with Gasteiger partial charge in [0.05, 0.1) is 5.69 Å². The summed E-state index contributed by atoms with van der Waals surface area (Å²) in [6.07, 6.45) is -0.218. The first-order valence-electron chi connectivity index (χ1n) is 9.78. The van der Waals surface area contributed by atoms with E-state index in [9.17, 15) is 18.3 Å². The molecule has 0 aromatic carbocycles. The van der Waals surface area contributed by atoms with Gasteiger partial charge in [-0.2, -0.15) is 23.0 Å². The number of pyridine rings is 3. The first-order chi connectivity index (χ1) is 15.6. The molecular formula is C22H19F3N6O2. The number of nitrogens with zero attached hydrogens (tertiary/aromatic N) is 5. The number of rotatable bonds is 6. The van der Waals surface area contributed by atoms with Gasteiger partial charge in [0.1, 0.15) is 17.2 Å². The third-order valence-corrected chi connectivity index (χ3v) is 4.45. The van der Waals surface area contributed by atoms with E-state index in [4.69, 9.17) is 4.74 Å². The maximum atomic E-state index is 13.3. The molecule has 0 radical (unpaired) electrons. The van der Waals surface area contributed by atoms with Crippen LogP contribution < -0.4 is 10.1 Å². The van der Waals surface area contributed by atoms with Crippen LogP contribution in [-0.4, -0.2) is 29.8 Å². The van der Waals surface area contributed by atoms with Crippen molar-refractivity contribution in [3.8, 4) is 17.4 Å². The summed E-state index contributed by atoms with van der Waals surface area (Å²) >= 11 is 0. The average molecular weight is 456 g/mol. The number of anilines is 2. The molecule has 0 aliphatic carbocycles. The minimum Gasteiger partial charge on any atom is -0.439 e. The molecule has 0 fully saturated rings. The Balaban J connectivity index is 1.62. The van der Waals surface area contributed by atoms with Crippen LogP contribution in [0.4, 0.5) is 24.7 Å². The van der Waals surface area contributed by atoms with Crippen LogP contribution in [0.2, 0.25) is 0 Å².